The van der Waals surface area contributed by atoms with Crippen molar-refractivity contribution in [1.29, 1.82) is 0 Å². The molecule has 0 bridgehead atoms. The molecule has 1 aromatic heterocycles. The van der Waals surface area contributed by atoms with E-state index in [1.54, 1.807) is 23.6 Å². The van der Waals surface area contributed by atoms with Gasteiger partial charge in [0.25, 0.3) is 5.91 Å². The summed E-state index contributed by atoms with van der Waals surface area (Å²) in [6.45, 7) is 10.5. The number of fused-ring (bicyclic) bond motifs is 1. The van der Waals surface area contributed by atoms with Crippen LogP contribution in [0.15, 0.2) is 75.5 Å². The lowest BCUT2D eigenvalue weighted by Crippen LogP contribution is -2.31. The molecule has 0 fully saturated rings. The Morgan fingerprint density at radius 1 is 1.12 bits per heavy atom. The van der Waals surface area contributed by atoms with Crippen molar-refractivity contribution in [2.24, 2.45) is 0 Å². The molecule has 0 radical (unpaired) electrons. The van der Waals surface area contributed by atoms with Crippen molar-refractivity contribution in [2.75, 3.05) is 23.5 Å². The fraction of sp³-hybridized carbons (Fsp3) is 0.303. The standard InChI is InChI=1S/C33H36BrN5O3S/c1-7-14-43-33-37-32-35-22(5)28(31(40)36-26-13-9-11-20(3)21(26)4)29(39(32)38-33)24-16-25(34)30(27(17-24)41-6)42-18-23-12-8-10-19(2)15-23/h8-13,15-17,29H,7,14,18H2,1-6H3,(H,36,40)(H,35,37,38). The third-order valence-corrected chi connectivity index (χ3v) is 9.03. The molecular formula is C33H36BrN5O3S. The largest absolute Gasteiger partial charge is 0.493 e. The minimum absolute atomic E-state index is 0.220. The highest BCUT2D eigenvalue weighted by molar-refractivity contribution is 9.10. The second-order valence-electron chi connectivity index (χ2n) is 10.6. The predicted octanol–water partition coefficient (Wildman–Crippen LogP) is 7.98. The number of halogens is 1. The van der Waals surface area contributed by atoms with Crippen molar-refractivity contribution in [2.45, 2.75) is 58.8 Å². The fourth-order valence-electron chi connectivity index (χ4n) is 5.06. The molecule has 43 heavy (non-hydrogen) atoms. The molecule has 3 aromatic carbocycles. The van der Waals surface area contributed by atoms with Crippen LogP contribution in [0.3, 0.4) is 0 Å². The number of carbonyl (C=O) groups is 1. The highest BCUT2D eigenvalue weighted by Gasteiger charge is 2.35. The van der Waals surface area contributed by atoms with Gasteiger partial charge >= 0.3 is 0 Å². The number of hydrogen-bond donors (Lipinski definition) is 2. The van der Waals surface area contributed by atoms with Crippen LogP contribution in [-0.4, -0.2) is 33.5 Å². The number of nitrogens with zero attached hydrogens (tertiary/aromatic N) is 3. The van der Waals surface area contributed by atoms with Gasteiger partial charge in [-0.1, -0.05) is 60.6 Å². The molecule has 1 aliphatic rings. The van der Waals surface area contributed by atoms with Gasteiger partial charge in [0.15, 0.2) is 11.5 Å². The normalized spacial score (nSPS) is 14.3. The second kappa shape index (κ2) is 13.3. The molecule has 1 atom stereocenters. The van der Waals surface area contributed by atoms with Crippen LogP contribution in [0.2, 0.25) is 0 Å². The van der Waals surface area contributed by atoms with E-state index in [0.717, 1.165) is 40.1 Å². The summed E-state index contributed by atoms with van der Waals surface area (Å²) in [5.74, 6) is 2.39. The summed E-state index contributed by atoms with van der Waals surface area (Å²) in [6.07, 6.45) is 1.00. The van der Waals surface area contributed by atoms with Gasteiger partial charge in [-0.2, -0.15) is 4.98 Å². The van der Waals surface area contributed by atoms with E-state index < -0.39 is 6.04 Å². The molecule has 4 aromatic rings. The Labute approximate surface area is 265 Å². The van der Waals surface area contributed by atoms with Crippen molar-refractivity contribution in [3.05, 3.63) is 98.2 Å². The zero-order valence-electron chi connectivity index (χ0n) is 25.2. The summed E-state index contributed by atoms with van der Waals surface area (Å²) in [6, 6.07) is 17.4. The Balaban J connectivity index is 1.56. The quantitative estimate of drug-likeness (QED) is 0.167. The molecule has 2 heterocycles. The maximum atomic E-state index is 14.1. The van der Waals surface area contributed by atoms with Gasteiger partial charge in [-0.15, -0.1) is 5.10 Å². The molecular weight excluding hydrogens is 626 g/mol. The van der Waals surface area contributed by atoms with Crippen molar-refractivity contribution >= 4 is 45.2 Å². The molecule has 1 amide bonds. The molecule has 2 N–H and O–H groups in total. The van der Waals surface area contributed by atoms with E-state index >= 15 is 0 Å². The number of thioether (sulfide) groups is 1. The number of aromatic nitrogens is 3. The third-order valence-electron chi connectivity index (χ3n) is 7.40. The summed E-state index contributed by atoms with van der Waals surface area (Å²) in [5, 5.41) is 12.0. The van der Waals surface area contributed by atoms with Gasteiger partial charge in [-0.05, 0) is 90.5 Å². The predicted molar refractivity (Wildman–Crippen MR) is 176 cm³/mol. The Morgan fingerprint density at radius 2 is 1.91 bits per heavy atom. The maximum Gasteiger partial charge on any atom is 0.255 e. The van der Waals surface area contributed by atoms with Gasteiger partial charge < -0.3 is 20.1 Å². The lowest BCUT2D eigenvalue weighted by atomic mass is 9.94. The lowest BCUT2D eigenvalue weighted by Gasteiger charge is -2.29. The zero-order valence-corrected chi connectivity index (χ0v) is 27.6. The van der Waals surface area contributed by atoms with Crippen molar-refractivity contribution in [3.63, 3.8) is 0 Å². The van der Waals surface area contributed by atoms with Gasteiger partial charge in [-0.25, -0.2) is 4.68 Å². The topological polar surface area (TPSA) is 90.3 Å². The minimum atomic E-state index is -0.569. The van der Waals surface area contributed by atoms with Crippen LogP contribution in [-0.2, 0) is 11.4 Å². The summed E-state index contributed by atoms with van der Waals surface area (Å²) in [4.78, 5) is 18.8. The van der Waals surface area contributed by atoms with Crippen LogP contribution in [0.1, 0.15) is 54.1 Å². The number of nitrogens with one attached hydrogen (secondary N) is 2. The summed E-state index contributed by atoms with van der Waals surface area (Å²) in [5.41, 5.74) is 7.17. The van der Waals surface area contributed by atoms with E-state index in [2.05, 4.69) is 52.5 Å². The molecule has 0 saturated heterocycles. The lowest BCUT2D eigenvalue weighted by molar-refractivity contribution is -0.113. The van der Waals surface area contributed by atoms with Crippen LogP contribution in [0, 0.1) is 20.8 Å². The number of methoxy groups -OCH3 is 1. The smallest absolute Gasteiger partial charge is 0.255 e. The first kappa shape index (κ1) is 30.7. The molecule has 10 heteroatoms. The number of aryl methyl sites for hydroxylation is 2. The Bertz CT molecular complexity index is 1700. The van der Waals surface area contributed by atoms with Crippen LogP contribution < -0.4 is 20.1 Å². The molecule has 224 valence electrons. The summed E-state index contributed by atoms with van der Waals surface area (Å²) < 4.78 is 14.6. The number of allylic oxidation sites excluding steroid dienone is 1. The zero-order chi connectivity index (χ0) is 30.7. The molecule has 8 nitrogen and oxygen atoms in total. The molecule has 1 aliphatic heterocycles. The fourth-order valence-corrected chi connectivity index (χ4v) is 6.32. The maximum absolute atomic E-state index is 14.1. The number of amides is 1. The molecule has 0 saturated carbocycles. The highest BCUT2D eigenvalue weighted by Crippen LogP contribution is 2.43. The van der Waals surface area contributed by atoms with Crippen LogP contribution in [0.5, 0.6) is 11.5 Å². The number of carbonyl (C=O) groups excluding carboxylic acids is 1. The van der Waals surface area contributed by atoms with Gasteiger partial charge in [0.1, 0.15) is 12.6 Å². The summed E-state index contributed by atoms with van der Waals surface area (Å²) >= 11 is 5.32. The van der Waals surface area contributed by atoms with Crippen molar-refractivity contribution in [1.82, 2.24) is 14.8 Å². The van der Waals surface area contributed by atoms with Crippen LogP contribution in [0.25, 0.3) is 0 Å². The van der Waals surface area contributed by atoms with E-state index in [1.165, 1.54) is 5.56 Å². The first-order valence-corrected chi connectivity index (χ1v) is 16.0. The van der Waals surface area contributed by atoms with Gasteiger partial charge in [0.2, 0.25) is 11.1 Å². The number of hydrogen-bond acceptors (Lipinski definition) is 7. The highest BCUT2D eigenvalue weighted by atomic mass is 79.9. The van der Waals surface area contributed by atoms with Crippen molar-refractivity contribution < 1.29 is 14.3 Å². The van der Waals surface area contributed by atoms with Gasteiger partial charge in [0, 0.05) is 17.1 Å². The average Bonchev–Trinajstić information content (AvgIpc) is 3.38. The van der Waals surface area contributed by atoms with E-state index in [1.807, 2.05) is 63.2 Å². The molecule has 0 spiro atoms. The van der Waals surface area contributed by atoms with E-state index in [-0.39, 0.29) is 5.91 Å². The Morgan fingerprint density at radius 3 is 2.65 bits per heavy atom. The monoisotopic (exact) mass is 661 g/mol. The minimum Gasteiger partial charge on any atom is -0.493 e. The van der Waals surface area contributed by atoms with Crippen LogP contribution in [0.4, 0.5) is 11.6 Å². The Hall–Kier alpha value is -3.76. The summed E-state index contributed by atoms with van der Waals surface area (Å²) in [7, 11) is 1.61. The molecule has 1 unspecified atom stereocenters. The van der Waals surface area contributed by atoms with E-state index in [9.17, 15) is 4.79 Å². The first-order chi connectivity index (χ1) is 20.7. The SMILES string of the molecule is CCCSc1nc2n(n1)C(c1cc(Br)c(OCc3cccc(C)c3)c(OC)c1)C(C(=O)Nc1cccc(C)c1C)=C(C)N2. The van der Waals surface area contributed by atoms with Gasteiger partial charge in [-0.3, -0.25) is 4.79 Å². The Kier molecular flexibility index (Phi) is 9.46. The molecule has 0 aliphatic carbocycles. The number of benzene rings is 3. The van der Waals surface area contributed by atoms with Crippen LogP contribution >= 0.6 is 27.7 Å². The average molecular weight is 663 g/mol. The van der Waals surface area contributed by atoms with Gasteiger partial charge in [0.05, 0.1) is 17.2 Å². The van der Waals surface area contributed by atoms with E-state index in [0.29, 0.717) is 45.0 Å². The number of rotatable bonds is 10. The number of anilines is 2. The number of ether oxygens (including phenoxy) is 2. The first-order valence-electron chi connectivity index (χ1n) is 14.2. The third kappa shape index (κ3) is 6.60. The van der Waals surface area contributed by atoms with Crippen molar-refractivity contribution in [3.8, 4) is 11.5 Å². The second-order valence-corrected chi connectivity index (χ2v) is 12.5. The van der Waals surface area contributed by atoms with E-state index in [4.69, 9.17) is 19.6 Å². The molecule has 5 rings (SSSR count).